The van der Waals surface area contributed by atoms with Gasteiger partial charge in [-0.3, -0.25) is 4.99 Å². The van der Waals surface area contributed by atoms with E-state index in [2.05, 4.69) is 28.1 Å². The molecule has 0 bridgehead atoms. The Morgan fingerprint density at radius 1 is 1.04 bits per heavy atom. The summed E-state index contributed by atoms with van der Waals surface area (Å²) in [6.45, 7) is 3.91. The molecule has 2 aromatic rings. The van der Waals surface area contributed by atoms with Crippen LogP contribution in [0.25, 0.3) is 0 Å². The molecule has 0 aromatic heterocycles. The molecule has 2 heterocycles. The molecule has 2 aromatic carbocycles. The lowest BCUT2D eigenvalue weighted by Gasteiger charge is -2.44. The highest BCUT2D eigenvalue weighted by Crippen LogP contribution is 2.36. The first-order valence-electron chi connectivity index (χ1n) is 8.85. The lowest BCUT2D eigenvalue weighted by atomic mass is 9.84. The number of fused-ring (bicyclic) bond motifs is 1. The highest BCUT2D eigenvalue weighted by atomic mass is 19.1. The van der Waals surface area contributed by atoms with Gasteiger partial charge in [0.05, 0.1) is 23.0 Å². The molecule has 2 aliphatic heterocycles. The van der Waals surface area contributed by atoms with Crippen molar-refractivity contribution in [1.82, 2.24) is 5.32 Å². The number of hydrogen-bond acceptors (Lipinski definition) is 3. The Hall–Kier alpha value is -2.40. The van der Waals surface area contributed by atoms with E-state index >= 15 is 0 Å². The molecule has 25 heavy (non-hydrogen) atoms. The van der Waals surface area contributed by atoms with Crippen LogP contribution in [0, 0.1) is 5.82 Å². The van der Waals surface area contributed by atoms with Gasteiger partial charge in [0.25, 0.3) is 0 Å². The van der Waals surface area contributed by atoms with Crippen LogP contribution in [0.1, 0.15) is 31.4 Å². The van der Waals surface area contributed by atoms with Gasteiger partial charge in [-0.25, -0.2) is 4.39 Å². The summed E-state index contributed by atoms with van der Waals surface area (Å²) in [5.74, 6) is 0.727. The van der Waals surface area contributed by atoms with Crippen LogP contribution in [0.2, 0.25) is 0 Å². The van der Waals surface area contributed by atoms with Crippen molar-refractivity contribution in [2.75, 3.05) is 23.7 Å². The number of benzene rings is 2. The molecule has 0 aliphatic carbocycles. The minimum atomic E-state index is -0.221. The summed E-state index contributed by atoms with van der Waals surface area (Å²) in [4.78, 5) is 4.97. The van der Waals surface area contributed by atoms with Gasteiger partial charge in [-0.2, -0.15) is 0 Å². The van der Waals surface area contributed by atoms with Crippen LogP contribution in [0.4, 0.5) is 15.8 Å². The monoisotopic (exact) mass is 338 g/mol. The Kier molecular flexibility index (Phi) is 4.17. The first-order chi connectivity index (χ1) is 12.2. The summed E-state index contributed by atoms with van der Waals surface area (Å²) in [6.07, 6.45) is 1.92. The van der Waals surface area contributed by atoms with E-state index in [9.17, 15) is 4.39 Å². The molecule has 5 heteroatoms. The van der Waals surface area contributed by atoms with Crippen molar-refractivity contribution in [1.29, 1.82) is 0 Å². The fourth-order valence-corrected chi connectivity index (χ4v) is 3.67. The average molecular weight is 338 g/mol. The van der Waals surface area contributed by atoms with Crippen molar-refractivity contribution in [2.45, 2.75) is 31.3 Å². The molecule has 130 valence electrons. The predicted octanol–water partition coefficient (Wildman–Crippen LogP) is 3.95. The Balaban J connectivity index is 1.72. The largest absolute Gasteiger partial charge is 0.371 e. The normalized spacial score (nSPS) is 21.3. The molecule has 1 atom stereocenters. The molecule has 4 rings (SSSR count). The average Bonchev–Trinajstić information content (AvgIpc) is 2.63. The van der Waals surface area contributed by atoms with Gasteiger partial charge in [0.2, 0.25) is 0 Å². The van der Waals surface area contributed by atoms with Crippen LogP contribution in [-0.2, 0) is 0 Å². The maximum Gasteiger partial charge on any atom is 0.127 e. The Labute approximate surface area is 147 Å². The van der Waals surface area contributed by atoms with Crippen LogP contribution in [0.15, 0.2) is 53.5 Å². The zero-order chi connectivity index (χ0) is 17.3. The van der Waals surface area contributed by atoms with Gasteiger partial charge in [-0.1, -0.05) is 24.3 Å². The highest BCUT2D eigenvalue weighted by molar-refractivity contribution is 6.09. The van der Waals surface area contributed by atoms with Crippen LogP contribution in [0.3, 0.4) is 0 Å². The number of piperidine rings is 1. The van der Waals surface area contributed by atoms with Crippen LogP contribution in [-0.4, -0.2) is 24.5 Å². The van der Waals surface area contributed by atoms with Crippen LogP contribution < -0.4 is 16.0 Å². The fourth-order valence-electron chi connectivity index (χ4n) is 3.67. The molecule has 0 amide bonds. The summed E-state index contributed by atoms with van der Waals surface area (Å²) in [6, 6.07) is 14.8. The second kappa shape index (κ2) is 6.48. The van der Waals surface area contributed by atoms with Crippen molar-refractivity contribution >= 4 is 17.2 Å². The SMILES string of the molecule is CC(N=C1Nc2ccccc2NC12CCNCC2)c1cccc(F)c1. The molecular weight excluding hydrogens is 315 g/mol. The number of halogens is 1. The smallest absolute Gasteiger partial charge is 0.127 e. The van der Waals surface area contributed by atoms with Crippen molar-refractivity contribution in [3.8, 4) is 0 Å². The highest BCUT2D eigenvalue weighted by Gasteiger charge is 2.41. The van der Waals surface area contributed by atoms with E-state index in [0.29, 0.717) is 0 Å². The standard InChI is InChI=1S/C20H23FN4/c1-14(15-5-4-6-16(21)13-15)23-19-20(9-11-22-12-10-20)25-18-8-3-2-7-17(18)24-19/h2-8,13-14,22,25H,9-12H2,1H3,(H,23,24). The maximum absolute atomic E-state index is 13.6. The molecule has 1 fully saturated rings. The van der Waals surface area contributed by atoms with Gasteiger partial charge in [0, 0.05) is 0 Å². The van der Waals surface area contributed by atoms with E-state index in [1.54, 1.807) is 12.1 Å². The number of amidine groups is 1. The molecule has 2 aliphatic rings. The van der Waals surface area contributed by atoms with Gasteiger partial charge in [0.15, 0.2) is 0 Å². The molecule has 0 radical (unpaired) electrons. The van der Waals surface area contributed by atoms with Gasteiger partial charge < -0.3 is 16.0 Å². The number of nitrogens with zero attached hydrogens (tertiary/aromatic N) is 1. The fraction of sp³-hybridized carbons (Fsp3) is 0.350. The minimum absolute atomic E-state index is 0.114. The van der Waals surface area contributed by atoms with Crippen LogP contribution >= 0.6 is 0 Å². The van der Waals surface area contributed by atoms with E-state index < -0.39 is 0 Å². The second-order valence-electron chi connectivity index (χ2n) is 6.84. The maximum atomic E-state index is 13.6. The lowest BCUT2D eigenvalue weighted by Crippen LogP contribution is -2.57. The molecule has 3 N–H and O–H groups in total. The van der Waals surface area contributed by atoms with Gasteiger partial charge in [-0.15, -0.1) is 0 Å². The summed E-state index contributed by atoms with van der Waals surface area (Å²) in [5, 5.41) is 10.7. The second-order valence-corrected chi connectivity index (χ2v) is 6.84. The molecule has 4 nitrogen and oxygen atoms in total. The van der Waals surface area contributed by atoms with Crippen molar-refractivity contribution in [2.24, 2.45) is 4.99 Å². The summed E-state index contributed by atoms with van der Waals surface area (Å²) < 4.78 is 13.6. The van der Waals surface area contributed by atoms with Crippen molar-refractivity contribution < 1.29 is 4.39 Å². The number of anilines is 2. The number of nitrogens with one attached hydrogen (secondary N) is 3. The molecular formula is C20H23FN4. The van der Waals surface area contributed by atoms with E-state index in [1.807, 2.05) is 25.1 Å². The lowest BCUT2D eigenvalue weighted by molar-refractivity contribution is 0.418. The number of aliphatic imine (C=N–C) groups is 1. The molecule has 1 saturated heterocycles. The molecule has 1 unspecified atom stereocenters. The number of rotatable bonds is 2. The number of hydrogen-bond donors (Lipinski definition) is 3. The zero-order valence-electron chi connectivity index (χ0n) is 14.3. The van der Waals surface area contributed by atoms with Crippen molar-refractivity contribution in [3.05, 3.63) is 59.9 Å². The Bertz CT molecular complexity index is 796. The molecule has 1 spiro atoms. The van der Waals surface area contributed by atoms with Gasteiger partial charge in [-0.05, 0) is 62.7 Å². The summed E-state index contributed by atoms with van der Waals surface area (Å²) in [7, 11) is 0. The summed E-state index contributed by atoms with van der Waals surface area (Å²) >= 11 is 0. The summed E-state index contributed by atoms with van der Waals surface area (Å²) in [5.41, 5.74) is 2.84. The van der Waals surface area contributed by atoms with E-state index in [4.69, 9.17) is 4.99 Å². The Morgan fingerprint density at radius 2 is 1.80 bits per heavy atom. The van der Waals surface area contributed by atoms with Crippen LogP contribution in [0.5, 0.6) is 0 Å². The third-order valence-corrected chi connectivity index (χ3v) is 5.12. The zero-order valence-corrected chi connectivity index (χ0v) is 14.3. The predicted molar refractivity (Wildman–Crippen MR) is 101 cm³/mol. The quantitative estimate of drug-likeness (QED) is 0.777. The van der Waals surface area contributed by atoms with E-state index in [0.717, 1.165) is 48.7 Å². The Morgan fingerprint density at radius 3 is 2.56 bits per heavy atom. The first-order valence-corrected chi connectivity index (χ1v) is 8.85. The number of para-hydroxylation sites is 2. The molecule has 0 saturated carbocycles. The van der Waals surface area contributed by atoms with Crippen molar-refractivity contribution in [3.63, 3.8) is 0 Å². The van der Waals surface area contributed by atoms with E-state index in [1.165, 1.54) is 6.07 Å². The first kappa shape index (κ1) is 16.1. The third-order valence-electron chi connectivity index (χ3n) is 5.12. The minimum Gasteiger partial charge on any atom is -0.371 e. The third kappa shape index (κ3) is 3.12. The van der Waals surface area contributed by atoms with Gasteiger partial charge in [0.1, 0.15) is 11.7 Å². The topological polar surface area (TPSA) is 48.5 Å². The van der Waals surface area contributed by atoms with Gasteiger partial charge >= 0.3 is 0 Å². The van der Waals surface area contributed by atoms with E-state index in [-0.39, 0.29) is 17.4 Å².